The molecular weight excluding hydrogens is 249 g/mol. The van der Waals surface area contributed by atoms with Crippen LogP contribution in [0.3, 0.4) is 0 Å². The minimum Gasteiger partial charge on any atom is -0.293 e. The van der Waals surface area contributed by atoms with E-state index < -0.39 is 10.6 Å². The van der Waals surface area contributed by atoms with Gasteiger partial charge in [0.05, 0.1) is 16.5 Å². The lowest BCUT2D eigenvalue weighted by molar-refractivity contribution is 0.0995. The smallest absolute Gasteiger partial charge is 0.177 e. The summed E-state index contributed by atoms with van der Waals surface area (Å²) in [6.07, 6.45) is 0. The van der Waals surface area contributed by atoms with E-state index in [0.29, 0.717) is 0 Å². The molecule has 0 aliphatic heterocycles. The van der Waals surface area contributed by atoms with Gasteiger partial charge >= 0.3 is 0 Å². The molecule has 1 unspecified atom stereocenters. The summed E-state index contributed by atoms with van der Waals surface area (Å²) in [6.45, 7) is 1.63. The van der Waals surface area contributed by atoms with Gasteiger partial charge < -0.3 is 0 Å². The number of carbonyl (C=O) groups is 1. The number of benzene rings is 1. The quantitative estimate of drug-likeness (QED) is 0.602. The van der Waals surface area contributed by atoms with E-state index in [4.69, 9.17) is 5.26 Å². The Morgan fingerprint density at radius 2 is 2.29 bits per heavy atom. The lowest BCUT2D eigenvalue weighted by Crippen LogP contribution is -2.12. The van der Waals surface area contributed by atoms with Crippen LogP contribution in [0.1, 0.15) is 22.8 Å². The SMILES string of the molecule is CC(Br)C(=O)c1cc(F)ccc1C#N. The highest BCUT2D eigenvalue weighted by Gasteiger charge is 2.16. The highest BCUT2D eigenvalue weighted by atomic mass is 79.9. The minimum absolute atomic E-state index is 0.122. The summed E-state index contributed by atoms with van der Waals surface area (Å²) < 4.78 is 12.8. The molecular formula is C10H7BrFNO. The fourth-order valence-electron chi connectivity index (χ4n) is 1.03. The predicted molar refractivity (Wildman–Crippen MR) is 53.8 cm³/mol. The van der Waals surface area contributed by atoms with Gasteiger partial charge in [-0.2, -0.15) is 5.26 Å². The van der Waals surface area contributed by atoms with Crippen molar-refractivity contribution in [3.05, 3.63) is 35.1 Å². The van der Waals surface area contributed by atoms with Crippen LogP contribution >= 0.6 is 15.9 Å². The molecule has 1 aromatic rings. The Bertz CT molecular complexity index is 409. The normalized spacial score (nSPS) is 11.9. The highest BCUT2D eigenvalue weighted by Crippen LogP contribution is 2.15. The molecule has 4 heteroatoms. The van der Waals surface area contributed by atoms with Gasteiger partial charge in [0.15, 0.2) is 5.78 Å². The zero-order valence-corrected chi connectivity index (χ0v) is 9.01. The van der Waals surface area contributed by atoms with Crippen LogP contribution in [0.4, 0.5) is 4.39 Å². The van der Waals surface area contributed by atoms with Gasteiger partial charge in [-0.05, 0) is 25.1 Å². The second-order valence-corrected chi connectivity index (χ2v) is 4.16. The van der Waals surface area contributed by atoms with Crippen molar-refractivity contribution >= 4 is 21.7 Å². The number of alkyl halides is 1. The van der Waals surface area contributed by atoms with Gasteiger partial charge in [0.25, 0.3) is 0 Å². The average Bonchev–Trinajstić information content (AvgIpc) is 2.16. The molecule has 0 aliphatic rings. The number of carbonyl (C=O) groups excluding carboxylic acids is 1. The van der Waals surface area contributed by atoms with Crippen LogP contribution < -0.4 is 0 Å². The topological polar surface area (TPSA) is 40.9 Å². The summed E-state index contributed by atoms with van der Waals surface area (Å²) in [5, 5.41) is 8.70. The Labute approximate surface area is 89.5 Å². The van der Waals surface area contributed by atoms with Crippen LogP contribution in [0.5, 0.6) is 0 Å². The van der Waals surface area contributed by atoms with Crippen LogP contribution in [0.2, 0.25) is 0 Å². The number of nitrogens with zero attached hydrogens (tertiary/aromatic N) is 1. The maximum absolute atomic E-state index is 12.8. The number of nitriles is 1. The van der Waals surface area contributed by atoms with Gasteiger partial charge in [0.2, 0.25) is 0 Å². The van der Waals surface area contributed by atoms with Crippen molar-refractivity contribution in [1.29, 1.82) is 5.26 Å². The molecule has 0 aliphatic carbocycles. The molecule has 72 valence electrons. The highest BCUT2D eigenvalue weighted by molar-refractivity contribution is 9.10. The van der Waals surface area contributed by atoms with E-state index in [2.05, 4.69) is 15.9 Å². The summed E-state index contributed by atoms with van der Waals surface area (Å²) in [5.41, 5.74) is 0.319. The Morgan fingerprint density at radius 3 is 2.79 bits per heavy atom. The fourth-order valence-corrected chi connectivity index (χ4v) is 1.28. The van der Waals surface area contributed by atoms with Crippen molar-refractivity contribution in [2.45, 2.75) is 11.8 Å². The lowest BCUT2D eigenvalue weighted by Gasteiger charge is -2.04. The number of halogens is 2. The molecule has 0 N–H and O–H groups in total. The third-order valence-electron chi connectivity index (χ3n) is 1.73. The summed E-state index contributed by atoms with van der Waals surface area (Å²) in [4.78, 5) is 11.1. The van der Waals surface area contributed by atoms with Crippen LogP contribution in [0.15, 0.2) is 18.2 Å². The molecule has 1 atom stereocenters. The van der Waals surface area contributed by atoms with E-state index in [1.165, 1.54) is 6.07 Å². The Kier molecular flexibility index (Phi) is 3.37. The summed E-state index contributed by atoms with van der Waals surface area (Å²) >= 11 is 3.08. The van der Waals surface area contributed by atoms with Crippen LogP contribution in [0.25, 0.3) is 0 Å². The van der Waals surface area contributed by atoms with Gasteiger partial charge in [-0.25, -0.2) is 4.39 Å². The summed E-state index contributed by atoms with van der Waals surface area (Å²) in [5.74, 6) is -0.804. The third-order valence-corrected chi connectivity index (χ3v) is 2.14. The van der Waals surface area contributed by atoms with Crippen LogP contribution in [-0.2, 0) is 0 Å². The molecule has 0 fully saturated rings. The summed E-state index contributed by atoms with van der Waals surface area (Å²) in [6, 6.07) is 5.40. The zero-order chi connectivity index (χ0) is 10.7. The van der Waals surface area contributed by atoms with Crippen molar-refractivity contribution in [1.82, 2.24) is 0 Å². The molecule has 0 heterocycles. The molecule has 0 amide bonds. The van der Waals surface area contributed by atoms with E-state index in [0.717, 1.165) is 12.1 Å². The Morgan fingerprint density at radius 1 is 1.64 bits per heavy atom. The van der Waals surface area contributed by atoms with E-state index >= 15 is 0 Å². The second kappa shape index (κ2) is 4.34. The number of hydrogen-bond donors (Lipinski definition) is 0. The molecule has 0 saturated heterocycles. The van der Waals surface area contributed by atoms with Gasteiger partial charge in [0, 0.05) is 5.56 Å². The average molecular weight is 256 g/mol. The molecule has 14 heavy (non-hydrogen) atoms. The molecule has 0 saturated carbocycles. The molecule has 0 aromatic heterocycles. The third kappa shape index (κ3) is 2.18. The molecule has 0 bridgehead atoms. The van der Waals surface area contributed by atoms with E-state index in [9.17, 15) is 9.18 Å². The van der Waals surface area contributed by atoms with Crippen LogP contribution in [0, 0.1) is 17.1 Å². The van der Waals surface area contributed by atoms with Gasteiger partial charge in [-0.3, -0.25) is 4.79 Å². The number of rotatable bonds is 2. The molecule has 0 radical (unpaired) electrons. The van der Waals surface area contributed by atoms with Crippen LogP contribution in [-0.4, -0.2) is 10.6 Å². The first-order chi connectivity index (χ1) is 6.56. The maximum atomic E-state index is 12.8. The zero-order valence-electron chi connectivity index (χ0n) is 7.42. The molecule has 1 aromatic carbocycles. The number of ketones is 1. The molecule has 0 spiro atoms. The molecule has 2 nitrogen and oxygen atoms in total. The second-order valence-electron chi connectivity index (χ2n) is 2.78. The predicted octanol–water partition coefficient (Wildman–Crippen LogP) is 2.66. The maximum Gasteiger partial charge on any atom is 0.177 e. The first kappa shape index (κ1) is 10.9. The monoisotopic (exact) mass is 255 g/mol. The Hall–Kier alpha value is -1.21. The van der Waals surface area contributed by atoms with Crippen molar-refractivity contribution in [3.63, 3.8) is 0 Å². The number of Topliss-reactive ketones (excluding diaryl/α,β-unsaturated/α-hetero) is 1. The van der Waals surface area contributed by atoms with Crippen molar-refractivity contribution in [3.8, 4) is 6.07 Å². The van der Waals surface area contributed by atoms with Gasteiger partial charge in [-0.15, -0.1) is 0 Å². The van der Waals surface area contributed by atoms with E-state index in [1.807, 2.05) is 6.07 Å². The largest absolute Gasteiger partial charge is 0.293 e. The van der Waals surface area contributed by atoms with Gasteiger partial charge in [0.1, 0.15) is 5.82 Å². The summed E-state index contributed by atoms with van der Waals surface area (Å²) in [7, 11) is 0. The fraction of sp³-hybridized carbons (Fsp3) is 0.200. The standard InChI is InChI=1S/C10H7BrFNO/c1-6(11)10(14)9-4-8(12)3-2-7(9)5-13/h2-4,6H,1H3. The van der Waals surface area contributed by atoms with E-state index in [-0.39, 0.29) is 16.9 Å². The number of hydrogen-bond acceptors (Lipinski definition) is 2. The minimum atomic E-state index is -0.513. The van der Waals surface area contributed by atoms with Crippen molar-refractivity contribution < 1.29 is 9.18 Å². The first-order valence-corrected chi connectivity index (χ1v) is 4.85. The van der Waals surface area contributed by atoms with E-state index in [1.54, 1.807) is 6.92 Å². The lowest BCUT2D eigenvalue weighted by atomic mass is 10.0. The molecule has 1 rings (SSSR count). The van der Waals surface area contributed by atoms with Gasteiger partial charge in [-0.1, -0.05) is 15.9 Å². The first-order valence-electron chi connectivity index (χ1n) is 3.94. The van der Waals surface area contributed by atoms with Crippen molar-refractivity contribution in [2.24, 2.45) is 0 Å². The van der Waals surface area contributed by atoms with Crippen molar-refractivity contribution in [2.75, 3.05) is 0 Å². The Balaban J connectivity index is 3.26.